The van der Waals surface area contributed by atoms with Gasteiger partial charge in [0.25, 0.3) is 5.91 Å². The lowest BCUT2D eigenvalue weighted by molar-refractivity contribution is 0.0974. The zero-order valence-electron chi connectivity index (χ0n) is 17.1. The molecule has 8 heteroatoms. The first kappa shape index (κ1) is 21.7. The fourth-order valence-corrected chi connectivity index (χ4v) is 4.13. The minimum absolute atomic E-state index is 0.124. The molecule has 1 unspecified atom stereocenters. The molecule has 1 amide bonds. The number of amides is 1. The lowest BCUT2D eigenvalue weighted by Crippen LogP contribution is -2.43. The van der Waals surface area contributed by atoms with E-state index in [1.54, 1.807) is 41.3 Å². The summed E-state index contributed by atoms with van der Waals surface area (Å²) in [5, 5.41) is 12.3. The SMILES string of the molecule is CCOc1cc(C2Nc3ccccc3C(=O)N2c2ccc(F)cc2)c(Br)cc1OCC#N. The number of rotatable bonds is 6. The maximum atomic E-state index is 13.6. The minimum Gasteiger partial charge on any atom is -0.490 e. The van der Waals surface area contributed by atoms with Gasteiger partial charge in [-0.05, 0) is 55.5 Å². The molecule has 32 heavy (non-hydrogen) atoms. The molecule has 4 rings (SSSR count). The number of benzene rings is 3. The standard InChI is InChI=1S/C24H19BrFN3O3/c1-2-31-21-13-18(19(25)14-22(21)32-12-11-27)23-28-20-6-4-3-5-17(20)24(30)29(23)16-9-7-15(26)8-10-16/h3-10,13-14,23,28H,2,12H2,1H3. The summed E-state index contributed by atoms with van der Waals surface area (Å²) in [7, 11) is 0. The molecule has 1 atom stereocenters. The minimum atomic E-state index is -0.610. The van der Waals surface area contributed by atoms with Crippen molar-refractivity contribution in [2.45, 2.75) is 13.1 Å². The molecule has 1 heterocycles. The average Bonchev–Trinajstić information content (AvgIpc) is 2.80. The number of carbonyl (C=O) groups excluding carboxylic acids is 1. The van der Waals surface area contributed by atoms with Crippen LogP contribution in [0.3, 0.4) is 0 Å². The second kappa shape index (κ2) is 9.28. The molecule has 1 aliphatic heterocycles. The second-order valence-electron chi connectivity index (χ2n) is 6.94. The number of hydrogen-bond acceptors (Lipinski definition) is 5. The molecule has 0 fully saturated rings. The molecule has 1 N–H and O–H groups in total. The van der Waals surface area contributed by atoms with Gasteiger partial charge in [-0.15, -0.1) is 0 Å². The summed E-state index contributed by atoms with van der Waals surface area (Å²) in [5.74, 6) is 0.264. The van der Waals surface area contributed by atoms with E-state index in [1.165, 1.54) is 12.1 Å². The molecule has 3 aromatic carbocycles. The number of nitriles is 1. The van der Waals surface area contributed by atoms with Crippen LogP contribution >= 0.6 is 15.9 Å². The zero-order valence-corrected chi connectivity index (χ0v) is 18.7. The Labute approximate surface area is 193 Å². The van der Waals surface area contributed by atoms with Gasteiger partial charge in [0.1, 0.15) is 18.1 Å². The third-order valence-electron chi connectivity index (χ3n) is 4.98. The van der Waals surface area contributed by atoms with E-state index in [0.29, 0.717) is 45.1 Å². The largest absolute Gasteiger partial charge is 0.490 e. The lowest BCUT2D eigenvalue weighted by Gasteiger charge is -2.38. The Kier molecular flexibility index (Phi) is 6.28. The van der Waals surface area contributed by atoms with Crippen LogP contribution in [0.15, 0.2) is 65.1 Å². The van der Waals surface area contributed by atoms with E-state index < -0.39 is 6.17 Å². The number of halogens is 2. The fourth-order valence-electron chi connectivity index (χ4n) is 3.59. The first-order chi connectivity index (χ1) is 15.5. The fraction of sp³-hybridized carbons (Fsp3) is 0.167. The molecule has 3 aromatic rings. The molecule has 0 aromatic heterocycles. The van der Waals surface area contributed by atoms with Gasteiger partial charge in [0.15, 0.2) is 18.1 Å². The van der Waals surface area contributed by atoms with Crippen LogP contribution < -0.4 is 19.7 Å². The smallest absolute Gasteiger partial charge is 0.262 e. The molecule has 6 nitrogen and oxygen atoms in total. The lowest BCUT2D eigenvalue weighted by atomic mass is 10.0. The summed E-state index contributed by atoms with van der Waals surface area (Å²) in [6.07, 6.45) is -0.610. The predicted molar refractivity (Wildman–Crippen MR) is 122 cm³/mol. The van der Waals surface area contributed by atoms with E-state index in [2.05, 4.69) is 21.2 Å². The first-order valence-corrected chi connectivity index (χ1v) is 10.7. The Morgan fingerprint density at radius 1 is 1.12 bits per heavy atom. The Hall–Kier alpha value is -3.57. The maximum absolute atomic E-state index is 13.6. The van der Waals surface area contributed by atoms with Crippen molar-refractivity contribution in [3.8, 4) is 17.6 Å². The number of carbonyl (C=O) groups is 1. The highest BCUT2D eigenvalue weighted by molar-refractivity contribution is 9.10. The highest BCUT2D eigenvalue weighted by atomic mass is 79.9. The van der Waals surface area contributed by atoms with E-state index in [1.807, 2.05) is 25.1 Å². The summed E-state index contributed by atoms with van der Waals surface area (Å²) in [6.45, 7) is 2.12. The van der Waals surface area contributed by atoms with Crippen LogP contribution in [0.1, 0.15) is 29.0 Å². The highest BCUT2D eigenvalue weighted by Gasteiger charge is 2.35. The van der Waals surface area contributed by atoms with Crippen molar-refractivity contribution in [3.63, 3.8) is 0 Å². The van der Waals surface area contributed by atoms with E-state index >= 15 is 0 Å². The quantitative estimate of drug-likeness (QED) is 0.477. The summed E-state index contributed by atoms with van der Waals surface area (Å²) in [6, 6.07) is 18.4. The number of hydrogen-bond donors (Lipinski definition) is 1. The van der Waals surface area contributed by atoms with Gasteiger partial charge in [-0.2, -0.15) is 5.26 Å². The van der Waals surface area contributed by atoms with E-state index in [0.717, 1.165) is 0 Å². The van der Waals surface area contributed by atoms with Crippen LogP contribution in [0.25, 0.3) is 0 Å². The molecule has 0 bridgehead atoms. The molecule has 0 radical (unpaired) electrons. The zero-order chi connectivity index (χ0) is 22.7. The third kappa shape index (κ3) is 4.12. The predicted octanol–water partition coefficient (Wildman–Crippen LogP) is 5.66. The normalized spacial score (nSPS) is 14.9. The van der Waals surface area contributed by atoms with Gasteiger partial charge in [0.2, 0.25) is 0 Å². The van der Waals surface area contributed by atoms with E-state index in [4.69, 9.17) is 14.7 Å². The van der Waals surface area contributed by atoms with Gasteiger partial charge < -0.3 is 14.8 Å². The van der Waals surface area contributed by atoms with E-state index in [-0.39, 0.29) is 18.3 Å². The van der Waals surface area contributed by atoms with Gasteiger partial charge in [-0.1, -0.05) is 28.1 Å². The maximum Gasteiger partial charge on any atom is 0.262 e. The monoisotopic (exact) mass is 495 g/mol. The van der Waals surface area contributed by atoms with Gasteiger partial charge in [0.05, 0.1) is 12.2 Å². The number of ether oxygens (including phenoxy) is 2. The van der Waals surface area contributed by atoms with Crippen molar-refractivity contribution in [1.82, 2.24) is 0 Å². The number of para-hydroxylation sites is 1. The van der Waals surface area contributed by atoms with Gasteiger partial charge in [-0.25, -0.2) is 4.39 Å². The summed E-state index contributed by atoms with van der Waals surface area (Å²) >= 11 is 3.58. The third-order valence-corrected chi connectivity index (χ3v) is 5.67. The number of fused-ring (bicyclic) bond motifs is 1. The molecular weight excluding hydrogens is 477 g/mol. The van der Waals surface area contributed by atoms with Crippen LogP contribution in [0, 0.1) is 17.1 Å². The highest BCUT2D eigenvalue weighted by Crippen LogP contribution is 2.42. The van der Waals surface area contributed by atoms with Crippen LogP contribution in [0.5, 0.6) is 11.5 Å². The number of nitrogens with zero attached hydrogens (tertiary/aromatic N) is 2. The van der Waals surface area contributed by atoms with Crippen molar-refractivity contribution in [3.05, 3.63) is 82.1 Å². The number of anilines is 2. The van der Waals surface area contributed by atoms with Crippen molar-refractivity contribution in [2.24, 2.45) is 0 Å². The summed E-state index contributed by atoms with van der Waals surface area (Å²) < 4.78 is 25.5. The molecule has 0 aliphatic carbocycles. The van der Waals surface area contributed by atoms with Crippen LogP contribution in [-0.4, -0.2) is 19.1 Å². The van der Waals surface area contributed by atoms with Gasteiger partial charge in [0, 0.05) is 21.4 Å². The topological polar surface area (TPSA) is 74.6 Å². The Bertz CT molecular complexity index is 1190. The van der Waals surface area contributed by atoms with Gasteiger partial charge in [-0.3, -0.25) is 9.69 Å². The number of nitrogens with one attached hydrogen (secondary N) is 1. The molecular formula is C24H19BrFN3O3. The van der Waals surface area contributed by atoms with E-state index in [9.17, 15) is 9.18 Å². The van der Waals surface area contributed by atoms with Gasteiger partial charge >= 0.3 is 0 Å². The molecule has 0 saturated heterocycles. The Morgan fingerprint density at radius 3 is 2.56 bits per heavy atom. The molecule has 0 saturated carbocycles. The van der Waals surface area contributed by atoms with Crippen molar-refractivity contribution in [2.75, 3.05) is 23.4 Å². The van der Waals surface area contributed by atoms with Crippen LogP contribution in [0.2, 0.25) is 0 Å². The Balaban J connectivity index is 1.85. The Morgan fingerprint density at radius 2 is 1.84 bits per heavy atom. The van der Waals surface area contributed by atoms with Crippen LogP contribution in [0.4, 0.5) is 15.8 Å². The van der Waals surface area contributed by atoms with Crippen molar-refractivity contribution < 1.29 is 18.7 Å². The first-order valence-electron chi connectivity index (χ1n) is 9.94. The second-order valence-corrected chi connectivity index (χ2v) is 7.80. The summed E-state index contributed by atoms with van der Waals surface area (Å²) in [4.78, 5) is 15.1. The molecule has 1 aliphatic rings. The summed E-state index contributed by atoms with van der Waals surface area (Å²) in [5.41, 5.74) is 2.46. The molecule has 0 spiro atoms. The van der Waals surface area contributed by atoms with Crippen LogP contribution in [-0.2, 0) is 0 Å². The molecule has 162 valence electrons. The van der Waals surface area contributed by atoms with Crippen molar-refractivity contribution >= 4 is 33.2 Å². The van der Waals surface area contributed by atoms with Crippen molar-refractivity contribution in [1.29, 1.82) is 5.26 Å². The average molecular weight is 496 g/mol.